The number of aryl methyl sites for hydroxylation is 1. The summed E-state index contributed by atoms with van der Waals surface area (Å²) >= 11 is 2.06. The van der Waals surface area contributed by atoms with Crippen molar-refractivity contribution in [3.8, 4) is 0 Å². The topological polar surface area (TPSA) is 30.5 Å². The summed E-state index contributed by atoms with van der Waals surface area (Å²) in [5.74, 6) is 3.04. The van der Waals surface area contributed by atoms with Crippen molar-refractivity contribution in [1.82, 2.24) is 5.32 Å². The van der Waals surface area contributed by atoms with Crippen LogP contribution in [-0.2, 0) is 15.9 Å². The first-order valence-corrected chi connectivity index (χ1v) is 9.63. The summed E-state index contributed by atoms with van der Waals surface area (Å²) in [5.41, 5.74) is 3.01. The van der Waals surface area contributed by atoms with Gasteiger partial charge in [-0.3, -0.25) is 0 Å². The van der Waals surface area contributed by atoms with E-state index in [0.717, 1.165) is 45.8 Å². The molecule has 22 heavy (non-hydrogen) atoms. The lowest BCUT2D eigenvalue weighted by atomic mass is 10.00. The van der Waals surface area contributed by atoms with Crippen LogP contribution < -0.4 is 5.32 Å². The fourth-order valence-corrected chi connectivity index (χ4v) is 4.22. The van der Waals surface area contributed by atoms with Crippen molar-refractivity contribution in [1.29, 1.82) is 0 Å². The zero-order valence-electron chi connectivity index (χ0n) is 13.3. The number of benzene rings is 1. The smallest absolute Gasteiger partial charge is 0.0517 e. The van der Waals surface area contributed by atoms with Gasteiger partial charge in [-0.05, 0) is 42.7 Å². The van der Waals surface area contributed by atoms with Crippen LogP contribution in [0.15, 0.2) is 24.3 Å². The van der Waals surface area contributed by atoms with Crippen molar-refractivity contribution < 1.29 is 9.47 Å². The van der Waals surface area contributed by atoms with Gasteiger partial charge in [-0.25, -0.2) is 0 Å². The molecule has 0 bridgehead atoms. The van der Waals surface area contributed by atoms with Crippen LogP contribution in [0.3, 0.4) is 0 Å². The minimum atomic E-state index is 0.493. The number of fused-ring (bicyclic) bond motifs is 1. The van der Waals surface area contributed by atoms with Gasteiger partial charge >= 0.3 is 0 Å². The van der Waals surface area contributed by atoms with Crippen molar-refractivity contribution in [3.63, 3.8) is 0 Å². The maximum absolute atomic E-state index is 5.78. The first-order valence-electron chi connectivity index (χ1n) is 8.48. The van der Waals surface area contributed by atoms with Crippen LogP contribution in [0.4, 0.5) is 0 Å². The molecule has 1 aromatic rings. The third-order valence-corrected chi connectivity index (χ3v) is 5.53. The van der Waals surface area contributed by atoms with Crippen molar-refractivity contribution in [2.45, 2.75) is 25.3 Å². The summed E-state index contributed by atoms with van der Waals surface area (Å²) < 4.78 is 11.1. The number of hydrogen-bond acceptors (Lipinski definition) is 4. The van der Waals surface area contributed by atoms with E-state index in [0.29, 0.717) is 12.0 Å². The van der Waals surface area contributed by atoms with Crippen molar-refractivity contribution in [2.75, 3.05) is 44.5 Å². The predicted octanol–water partition coefficient (Wildman–Crippen LogP) is 3.05. The number of rotatable bonds is 7. The Morgan fingerprint density at radius 1 is 1.32 bits per heavy atom. The van der Waals surface area contributed by atoms with Crippen molar-refractivity contribution in [3.05, 3.63) is 35.4 Å². The number of thioether (sulfide) groups is 1. The highest BCUT2D eigenvalue weighted by Gasteiger charge is 2.18. The lowest BCUT2D eigenvalue weighted by Crippen LogP contribution is -2.25. The molecule has 2 atom stereocenters. The molecule has 2 aliphatic rings. The van der Waals surface area contributed by atoms with Crippen LogP contribution in [0, 0.1) is 5.92 Å². The van der Waals surface area contributed by atoms with E-state index in [-0.39, 0.29) is 0 Å². The summed E-state index contributed by atoms with van der Waals surface area (Å²) in [6.07, 6.45) is 3.44. The molecule has 0 aromatic heterocycles. The predicted molar refractivity (Wildman–Crippen MR) is 92.6 cm³/mol. The third-order valence-electron chi connectivity index (χ3n) is 4.46. The van der Waals surface area contributed by atoms with E-state index in [2.05, 4.69) is 41.3 Å². The van der Waals surface area contributed by atoms with E-state index in [9.17, 15) is 0 Å². The Hall–Kier alpha value is -0.550. The van der Waals surface area contributed by atoms with Gasteiger partial charge in [0, 0.05) is 30.9 Å². The van der Waals surface area contributed by atoms with E-state index in [1.54, 1.807) is 0 Å². The molecule has 3 nitrogen and oxygen atoms in total. The molecule has 0 spiro atoms. The van der Waals surface area contributed by atoms with Crippen LogP contribution >= 0.6 is 11.8 Å². The summed E-state index contributed by atoms with van der Waals surface area (Å²) in [7, 11) is 0. The van der Waals surface area contributed by atoms with Gasteiger partial charge in [0.05, 0.1) is 13.2 Å². The van der Waals surface area contributed by atoms with Gasteiger partial charge in [0.15, 0.2) is 0 Å². The Morgan fingerprint density at radius 2 is 2.27 bits per heavy atom. The Labute approximate surface area is 138 Å². The molecular formula is C18H27NO2S. The van der Waals surface area contributed by atoms with Crippen LogP contribution in [0.25, 0.3) is 0 Å². The molecule has 1 saturated heterocycles. The number of hydrogen-bond donors (Lipinski definition) is 1. The molecule has 0 amide bonds. The molecule has 3 rings (SSSR count). The van der Waals surface area contributed by atoms with Crippen LogP contribution in [0.1, 0.15) is 30.0 Å². The van der Waals surface area contributed by atoms with Gasteiger partial charge < -0.3 is 14.8 Å². The first-order chi connectivity index (χ1) is 10.9. The van der Waals surface area contributed by atoms with Crippen LogP contribution in [0.2, 0.25) is 0 Å². The first kappa shape index (κ1) is 16.3. The SMILES string of the molecule is c1ccc2c(c1)CCSC[C@H]2NCCCOC[C@@H]1CCOC1. The lowest BCUT2D eigenvalue weighted by molar-refractivity contribution is 0.0880. The summed E-state index contributed by atoms with van der Waals surface area (Å²) in [6, 6.07) is 9.38. The highest BCUT2D eigenvalue weighted by atomic mass is 32.2. The zero-order valence-corrected chi connectivity index (χ0v) is 14.1. The molecule has 122 valence electrons. The summed E-state index contributed by atoms with van der Waals surface area (Å²) in [6.45, 7) is 4.54. The van der Waals surface area contributed by atoms with Crippen molar-refractivity contribution >= 4 is 11.8 Å². The standard InChI is InChI=1S/C18H27NO2S/c1-2-5-17-16(4-1)7-11-22-14-18(17)19-8-3-9-20-12-15-6-10-21-13-15/h1-2,4-5,15,18-19H,3,6-14H2/t15-,18+/m0/s1. The number of ether oxygens (including phenoxy) is 2. The van der Waals surface area contributed by atoms with Gasteiger partial charge in [-0.15, -0.1) is 0 Å². The highest BCUT2D eigenvalue weighted by Crippen LogP contribution is 2.27. The molecular weight excluding hydrogens is 294 g/mol. The Morgan fingerprint density at radius 3 is 3.18 bits per heavy atom. The normalized spacial score (nSPS) is 24.9. The molecule has 0 radical (unpaired) electrons. The zero-order chi connectivity index (χ0) is 15.0. The van der Waals surface area contributed by atoms with E-state index in [1.807, 2.05) is 0 Å². The molecule has 1 aromatic carbocycles. The Balaban J connectivity index is 1.36. The van der Waals surface area contributed by atoms with Gasteiger partial charge in [-0.2, -0.15) is 11.8 Å². The van der Waals surface area contributed by atoms with Crippen molar-refractivity contribution in [2.24, 2.45) is 5.92 Å². The Bertz CT molecular complexity index is 448. The molecule has 1 fully saturated rings. The molecule has 0 aliphatic carbocycles. The molecule has 0 saturated carbocycles. The molecule has 0 unspecified atom stereocenters. The summed E-state index contributed by atoms with van der Waals surface area (Å²) in [5, 5.41) is 3.72. The van der Waals surface area contributed by atoms with Gasteiger partial charge in [-0.1, -0.05) is 24.3 Å². The minimum Gasteiger partial charge on any atom is -0.381 e. The van der Waals surface area contributed by atoms with Gasteiger partial charge in [0.2, 0.25) is 0 Å². The molecule has 2 aliphatic heterocycles. The molecule has 2 heterocycles. The quantitative estimate of drug-likeness (QED) is 0.782. The van der Waals surface area contributed by atoms with E-state index >= 15 is 0 Å². The van der Waals surface area contributed by atoms with Gasteiger partial charge in [0.1, 0.15) is 0 Å². The third kappa shape index (κ3) is 4.72. The van der Waals surface area contributed by atoms with E-state index in [4.69, 9.17) is 9.47 Å². The van der Waals surface area contributed by atoms with Gasteiger partial charge in [0.25, 0.3) is 0 Å². The maximum Gasteiger partial charge on any atom is 0.0517 e. The van der Waals surface area contributed by atoms with Crippen LogP contribution in [-0.4, -0.2) is 44.5 Å². The molecule has 4 heteroatoms. The van der Waals surface area contributed by atoms with E-state index < -0.39 is 0 Å². The average molecular weight is 321 g/mol. The van der Waals surface area contributed by atoms with Crippen LogP contribution in [0.5, 0.6) is 0 Å². The maximum atomic E-state index is 5.78. The summed E-state index contributed by atoms with van der Waals surface area (Å²) in [4.78, 5) is 0. The largest absolute Gasteiger partial charge is 0.381 e. The monoisotopic (exact) mass is 321 g/mol. The van der Waals surface area contributed by atoms with E-state index in [1.165, 1.54) is 29.1 Å². The highest BCUT2D eigenvalue weighted by molar-refractivity contribution is 7.99. The molecule has 1 N–H and O–H groups in total. The lowest BCUT2D eigenvalue weighted by Gasteiger charge is -2.19. The Kier molecular flexibility index (Phi) is 6.61. The second kappa shape index (κ2) is 8.92. The second-order valence-electron chi connectivity index (χ2n) is 6.19. The fraction of sp³-hybridized carbons (Fsp3) is 0.667. The minimum absolute atomic E-state index is 0.493. The average Bonchev–Trinajstić information content (AvgIpc) is 2.98. The second-order valence-corrected chi connectivity index (χ2v) is 7.34. The number of nitrogens with one attached hydrogen (secondary N) is 1. The fourth-order valence-electron chi connectivity index (χ4n) is 3.16.